The van der Waals surface area contributed by atoms with E-state index >= 15 is 0 Å². The average Bonchev–Trinajstić information content (AvgIpc) is 3.24. The van der Waals surface area contributed by atoms with Crippen LogP contribution in [0.3, 0.4) is 0 Å². The summed E-state index contributed by atoms with van der Waals surface area (Å²) in [6.07, 6.45) is 1.99. The molecule has 7 heteroatoms. The molecule has 2 fully saturated rings. The van der Waals surface area contributed by atoms with Crippen molar-refractivity contribution in [2.75, 3.05) is 19.6 Å². The highest BCUT2D eigenvalue weighted by atomic mass is 32.1. The quantitative estimate of drug-likeness (QED) is 0.903. The number of nitrogens with zero attached hydrogens (tertiary/aromatic N) is 2. The molecule has 0 aliphatic carbocycles. The molecule has 1 aromatic heterocycles. The van der Waals surface area contributed by atoms with Gasteiger partial charge in [0.05, 0.1) is 10.8 Å². The molecule has 0 aromatic carbocycles. The molecule has 3 heterocycles. The lowest BCUT2D eigenvalue weighted by molar-refractivity contribution is -0.149. The van der Waals surface area contributed by atoms with Crippen LogP contribution < -0.4 is 0 Å². The second-order valence-corrected chi connectivity index (χ2v) is 7.58. The van der Waals surface area contributed by atoms with E-state index in [1.165, 1.54) is 11.3 Å². The first-order chi connectivity index (χ1) is 11.5. The van der Waals surface area contributed by atoms with Crippen LogP contribution in [0.5, 0.6) is 0 Å². The standard InChI is InChI=1S/C17H22N2O4S/c1-11-10-18(8-6-12(11)17(22)23)15(20)13-4-2-7-19(13)16(21)14-5-3-9-24-14/h3,5,9,11-13H,2,4,6-8,10H2,1H3,(H,22,23). The molecule has 1 aromatic rings. The van der Waals surface area contributed by atoms with Crippen LogP contribution in [0, 0.1) is 11.8 Å². The summed E-state index contributed by atoms with van der Waals surface area (Å²) in [6.45, 7) is 3.39. The van der Waals surface area contributed by atoms with Gasteiger partial charge in [-0.15, -0.1) is 11.3 Å². The van der Waals surface area contributed by atoms with Crippen LogP contribution in [0.4, 0.5) is 0 Å². The van der Waals surface area contributed by atoms with Gasteiger partial charge in [0, 0.05) is 19.6 Å². The zero-order valence-corrected chi connectivity index (χ0v) is 14.5. The van der Waals surface area contributed by atoms with Crippen molar-refractivity contribution < 1.29 is 19.5 Å². The molecular weight excluding hydrogens is 328 g/mol. The van der Waals surface area contributed by atoms with Crippen LogP contribution in [0.25, 0.3) is 0 Å². The Bertz CT molecular complexity index is 631. The van der Waals surface area contributed by atoms with Gasteiger partial charge in [-0.05, 0) is 36.6 Å². The summed E-state index contributed by atoms with van der Waals surface area (Å²) in [5.41, 5.74) is 0. The Kier molecular flexibility index (Phi) is 4.89. The largest absolute Gasteiger partial charge is 0.481 e. The Morgan fingerprint density at radius 1 is 1.25 bits per heavy atom. The monoisotopic (exact) mass is 350 g/mol. The predicted octanol–water partition coefficient (Wildman–Crippen LogP) is 1.92. The molecule has 0 spiro atoms. The van der Waals surface area contributed by atoms with Crippen molar-refractivity contribution >= 4 is 29.1 Å². The van der Waals surface area contributed by atoms with Crippen LogP contribution >= 0.6 is 11.3 Å². The number of carbonyl (C=O) groups excluding carboxylic acids is 2. The number of rotatable bonds is 3. The van der Waals surface area contributed by atoms with E-state index in [1.807, 2.05) is 18.4 Å². The first kappa shape index (κ1) is 17.0. The van der Waals surface area contributed by atoms with Crippen LogP contribution in [-0.4, -0.2) is 58.4 Å². The first-order valence-electron chi connectivity index (χ1n) is 8.35. The van der Waals surface area contributed by atoms with Gasteiger partial charge in [-0.3, -0.25) is 14.4 Å². The fourth-order valence-corrected chi connectivity index (χ4v) is 4.41. The maximum atomic E-state index is 12.9. The lowest BCUT2D eigenvalue weighted by Crippen LogP contribution is -2.52. The van der Waals surface area contributed by atoms with Crippen molar-refractivity contribution in [3.05, 3.63) is 22.4 Å². The number of thiophene rings is 1. The minimum absolute atomic E-state index is 0.0342. The molecule has 2 saturated heterocycles. The summed E-state index contributed by atoms with van der Waals surface area (Å²) in [5.74, 6) is -1.35. The van der Waals surface area contributed by atoms with Crippen LogP contribution in [0.1, 0.15) is 35.9 Å². The summed E-state index contributed by atoms with van der Waals surface area (Å²) in [6, 6.07) is 3.21. The highest BCUT2D eigenvalue weighted by molar-refractivity contribution is 7.12. The van der Waals surface area contributed by atoms with Gasteiger partial charge in [0.25, 0.3) is 5.91 Å². The molecule has 130 valence electrons. The molecule has 0 saturated carbocycles. The number of carbonyl (C=O) groups is 3. The second kappa shape index (κ2) is 6.93. The van der Waals surface area contributed by atoms with Gasteiger partial charge in [0.2, 0.25) is 5.91 Å². The molecule has 0 radical (unpaired) electrons. The van der Waals surface area contributed by atoms with Gasteiger partial charge in [-0.25, -0.2) is 0 Å². The number of carboxylic acids is 1. The van der Waals surface area contributed by atoms with Gasteiger partial charge < -0.3 is 14.9 Å². The van der Waals surface area contributed by atoms with Crippen molar-refractivity contribution in [1.82, 2.24) is 9.80 Å². The number of aliphatic carboxylic acids is 1. The Labute approximate surface area is 145 Å². The molecule has 3 unspecified atom stereocenters. The minimum Gasteiger partial charge on any atom is -0.481 e. The number of carboxylic acid groups (broad SMARTS) is 1. The smallest absolute Gasteiger partial charge is 0.306 e. The lowest BCUT2D eigenvalue weighted by Gasteiger charge is -2.37. The van der Waals surface area contributed by atoms with E-state index in [2.05, 4.69) is 0 Å². The number of amides is 2. The SMILES string of the molecule is CC1CN(C(=O)C2CCCN2C(=O)c2cccs2)CCC1C(=O)O. The Hall–Kier alpha value is -1.89. The highest BCUT2D eigenvalue weighted by Crippen LogP contribution is 2.28. The van der Waals surface area contributed by atoms with Crippen molar-refractivity contribution in [2.24, 2.45) is 11.8 Å². The van der Waals surface area contributed by atoms with Crippen LogP contribution in [0.15, 0.2) is 17.5 Å². The van der Waals surface area contributed by atoms with Gasteiger partial charge in [-0.2, -0.15) is 0 Å². The summed E-state index contributed by atoms with van der Waals surface area (Å²) in [7, 11) is 0. The number of hydrogen-bond acceptors (Lipinski definition) is 4. The van der Waals surface area contributed by atoms with Crippen LogP contribution in [0.2, 0.25) is 0 Å². The molecule has 6 nitrogen and oxygen atoms in total. The highest BCUT2D eigenvalue weighted by Gasteiger charge is 2.40. The molecular formula is C17H22N2O4S. The van der Waals surface area contributed by atoms with Gasteiger partial charge >= 0.3 is 5.97 Å². The average molecular weight is 350 g/mol. The summed E-state index contributed by atoms with van der Waals surface area (Å²) < 4.78 is 0. The summed E-state index contributed by atoms with van der Waals surface area (Å²) >= 11 is 1.39. The first-order valence-corrected chi connectivity index (χ1v) is 9.23. The number of likely N-dealkylation sites (tertiary alicyclic amines) is 2. The zero-order valence-electron chi connectivity index (χ0n) is 13.7. The zero-order chi connectivity index (χ0) is 17.3. The van der Waals surface area contributed by atoms with E-state index in [0.717, 1.165) is 6.42 Å². The van der Waals surface area contributed by atoms with Crippen molar-refractivity contribution in [1.29, 1.82) is 0 Å². The second-order valence-electron chi connectivity index (χ2n) is 6.63. The number of piperidine rings is 1. The normalized spacial score (nSPS) is 27.3. The van der Waals surface area contributed by atoms with E-state index in [4.69, 9.17) is 0 Å². The molecule has 24 heavy (non-hydrogen) atoms. The van der Waals surface area contributed by atoms with Gasteiger partial charge in [0.15, 0.2) is 0 Å². The maximum absolute atomic E-state index is 12.9. The third-order valence-corrected chi connectivity index (χ3v) is 5.92. The molecule has 0 bridgehead atoms. The molecule has 3 rings (SSSR count). The topological polar surface area (TPSA) is 77.9 Å². The van der Waals surface area contributed by atoms with E-state index in [0.29, 0.717) is 37.4 Å². The van der Waals surface area contributed by atoms with Crippen LogP contribution in [-0.2, 0) is 9.59 Å². The van der Waals surface area contributed by atoms with E-state index < -0.39 is 12.0 Å². The predicted molar refractivity (Wildman–Crippen MR) is 89.9 cm³/mol. The molecule has 2 aliphatic heterocycles. The lowest BCUT2D eigenvalue weighted by atomic mass is 9.86. The van der Waals surface area contributed by atoms with Gasteiger partial charge in [-0.1, -0.05) is 13.0 Å². The van der Waals surface area contributed by atoms with Crippen molar-refractivity contribution in [3.63, 3.8) is 0 Å². The fourth-order valence-electron chi connectivity index (χ4n) is 3.73. The molecule has 1 N–H and O–H groups in total. The van der Waals surface area contributed by atoms with E-state index in [1.54, 1.807) is 15.9 Å². The third-order valence-electron chi connectivity index (χ3n) is 5.06. The number of hydrogen-bond donors (Lipinski definition) is 1. The maximum Gasteiger partial charge on any atom is 0.306 e. The van der Waals surface area contributed by atoms with E-state index in [-0.39, 0.29) is 23.7 Å². The van der Waals surface area contributed by atoms with Gasteiger partial charge in [0.1, 0.15) is 6.04 Å². The Morgan fingerprint density at radius 2 is 2.04 bits per heavy atom. The fraction of sp³-hybridized carbons (Fsp3) is 0.588. The molecule has 2 aliphatic rings. The van der Waals surface area contributed by atoms with E-state index in [9.17, 15) is 19.5 Å². The molecule has 2 amide bonds. The Morgan fingerprint density at radius 3 is 2.67 bits per heavy atom. The summed E-state index contributed by atoms with van der Waals surface area (Å²) in [4.78, 5) is 40.8. The molecule has 3 atom stereocenters. The van der Waals surface area contributed by atoms with Crippen molar-refractivity contribution in [3.8, 4) is 0 Å². The summed E-state index contributed by atoms with van der Waals surface area (Å²) in [5, 5.41) is 11.1. The Balaban J connectivity index is 1.68. The third kappa shape index (κ3) is 3.17. The van der Waals surface area contributed by atoms with Crippen molar-refractivity contribution in [2.45, 2.75) is 32.2 Å². The minimum atomic E-state index is -0.787.